The Labute approximate surface area is 313 Å². The van der Waals surface area contributed by atoms with Gasteiger partial charge in [-0.1, -0.05) is 141 Å². The van der Waals surface area contributed by atoms with Gasteiger partial charge >= 0.3 is 0 Å². The highest BCUT2D eigenvalue weighted by atomic mass is 32.1. The lowest BCUT2D eigenvalue weighted by Gasteiger charge is -2.28. The number of thiophene rings is 1. The van der Waals surface area contributed by atoms with Gasteiger partial charge in [0.05, 0.1) is 0 Å². The number of anilines is 3. The predicted molar refractivity (Wildman–Crippen MR) is 230 cm³/mol. The van der Waals surface area contributed by atoms with E-state index in [0.29, 0.717) is 0 Å². The lowest BCUT2D eigenvalue weighted by Crippen LogP contribution is -2.16. The van der Waals surface area contributed by atoms with Gasteiger partial charge in [-0.15, -0.1) is 11.3 Å². The van der Waals surface area contributed by atoms with Crippen molar-refractivity contribution in [2.75, 3.05) is 4.90 Å². The van der Waals surface area contributed by atoms with Gasteiger partial charge in [0.2, 0.25) is 0 Å². The van der Waals surface area contributed by atoms with Crippen molar-refractivity contribution < 1.29 is 0 Å². The topological polar surface area (TPSA) is 3.24 Å². The van der Waals surface area contributed by atoms with E-state index in [9.17, 15) is 0 Å². The van der Waals surface area contributed by atoms with Gasteiger partial charge in [0.25, 0.3) is 0 Å². The maximum absolute atomic E-state index is 2.44. The Balaban J connectivity index is 1.04. The first kappa shape index (κ1) is 30.4. The predicted octanol–water partition coefficient (Wildman–Crippen LogP) is 15.0. The molecule has 1 nitrogen and oxygen atoms in total. The van der Waals surface area contributed by atoms with Crippen LogP contribution in [0.25, 0.3) is 74.7 Å². The number of hydrogen-bond acceptors (Lipinski definition) is 2. The summed E-state index contributed by atoms with van der Waals surface area (Å²) in [6, 6.07) is 65.5. The zero-order chi connectivity index (χ0) is 35.3. The number of rotatable bonds is 4. The second-order valence-corrected chi connectivity index (χ2v) is 16.0. The van der Waals surface area contributed by atoms with Crippen molar-refractivity contribution in [1.82, 2.24) is 0 Å². The first-order valence-electron chi connectivity index (χ1n) is 18.4. The quantitative estimate of drug-likeness (QED) is 0.166. The standard InChI is InChI=1S/C51H35NS/c1-51(2)46-13-7-5-11-42(46)43-27-24-38(30-47(43)51)52(39-25-28-45-44-12-6-8-14-48(44)53-49(45)31-39)37-22-19-32(20-23-37)35-21-26-41-36(29-35)18-17-34-16-15-33-9-3-4-10-40(33)50(34)41/h3-31H,1-2H3. The highest BCUT2D eigenvalue weighted by Crippen LogP contribution is 2.51. The maximum atomic E-state index is 2.44. The molecule has 0 atom stereocenters. The van der Waals surface area contributed by atoms with Crippen molar-refractivity contribution in [2.45, 2.75) is 19.3 Å². The molecule has 9 aromatic carbocycles. The molecule has 1 aliphatic rings. The van der Waals surface area contributed by atoms with Crippen LogP contribution in [0.15, 0.2) is 176 Å². The van der Waals surface area contributed by atoms with Gasteiger partial charge in [-0.25, -0.2) is 0 Å². The molecule has 1 aliphatic carbocycles. The molecule has 0 N–H and O–H groups in total. The van der Waals surface area contributed by atoms with Crippen molar-refractivity contribution in [3.8, 4) is 22.3 Å². The summed E-state index contributed by atoms with van der Waals surface area (Å²) in [5, 5.41) is 10.4. The Bertz CT molecular complexity index is 3090. The van der Waals surface area contributed by atoms with Gasteiger partial charge in [-0.2, -0.15) is 0 Å². The molecule has 0 radical (unpaired) electrons. The number of fused-ring (bicyclic) bond motifs is 11. The molecule has 0 amide bonds. The van der Waals surface area contributed by atoms with Gasteiger partial charge < -0.3 is 4.90 Å². The molecule has 10 aromatic rings. The third-order valence-electron chi connectivity index (χ3n) is 11.6. The number of benzene rings is 9. The fourth-order valence-corrected chi connectivity index (χ4v) is 10.1. The molecule has 53 heavy (non-hydrogen) atoms. The molecule has 0 saturated carbocycles. The normalized spacial score (nSPS) is 13.2. The molecule has 1 heterocycles. The van der Waals surface area contributed by atoms with E-state index >= 15 is 0 Å². The molecule has 11 rings (SSSR count). The summed E-state index contributed by atoms with van der Waals surface area (Å²) in [6.45, 7) is 4.72. The zero-order valence-electron chi connectivity index (χ0n) is 29.6. The van der Waals surface area contributed by atoms with Gasteiger partial charge in [-0.05, 0) is 114 Å². The summed E-state index contributed by atoms with van der Waals surface area (Å²) in [4.78, 5) is 2.44. The summed E-state index contributed by atoms with van der Waals surface area (Å²) in [7, 11) is 0. The first-order chi connectivity index (χ1) is 26.0. The van der Waals surface area contributed by atoms with Gasteiger partial charge in [0, 0.05) is 42.6 Å². The van der Waals surface area contributed by atoms with Gasteiger partial charge in [0.1, 0.15) is 0 Å². The van der Waals surface area contributed by atoms with Crippen LogP contribution in [0.1, 0.15) is 25.0 Å². The third kappa shape index (κ3) is 4.62. The molecular formula is C51H35NS. The molecule has 0 bridgehead atoms. The van der Waals surface area contributed by atoms with Gasteiger partial charge in [-0.3, -0.25) is 0 Å². The summed E-state index contributed by atoms with van der Waals surface area (Å²) < 4.78 is 2.62. The summed E-state index contributed by atoms with van der Waals surface area (Å²) >= 11 is 1.87. The fourth-order valence-electron chi connectivity index (χ4n) is 8.95. The Hall–Kier alpha value is -6.22. The average molecular weight is 694 g/mol. The first-order valence-corrected chi connectivity index (χ1v) is 19.2. The van der Waals surface area contributed by atoms with Crippen LogP contribution < -0.4 is 4.90 Å². The lowest BCUT2D eigenvalue weighted by molar-refractivity contribution is 0.660. The largest absolute Gasteiger partial charge is 0.310 e. The van der Waals surface area contributed by atoms with Crippen molar-refractivity contribution in [2.24, 2.45) is 0 Å². The van der Waals surface area contributed by atoms with Crippen molar-refractivity contribution >= 4 is 80.9 Å². The minimum Gasteiger partial charge on any atom is -0.310 e. The third-order valence-corrected chi connectivity index (χ3v) is 12.8. The van der Waals surface area contributed by atoms with Crippen molar-refractivity contribution in [3.05, 3.63) is 187 Å². The Morgan fingerprint density at radius 2 is 1.00 bits per heavy atom. The van der Waals surface area contributed by atoms with E-state index in [0.717, 1.165) is 11.4 Å². The molecule has 250 valence electrons. The smallest absolute Gasteiger partial charge is 0.0476 e. The van der Waals surface area contributed by atoms with E-state index in [-0.39, 0.29) is 5.41 Å². The molecule has 1 aromatic heterocycles. The maximum Gasteiger partial charge on any atom is 0.0476 e. The van der Waals surface area contributed by atoms with Crippen LogP contribution in [0.2, 0.25) is 0 Å². The lowest BCUT2D eigenvalue weighted by atomic mass is 9.82. The molecule has 0 unspecified atom stereocenters. The molecule has 2 heteroatoms. The van der Waals surface area contributed by atoms with Crippen LogP contribution in [0.4, 0.5) is 17.1 Å². The highest BCUT2D eigenvalue weighted by molar-refractivity contribution is 7.25. The number of nitrogens with zero attached hydrogens (tertiary/aromatic N) is 1. The summed E-state index contributed by atoms with van der Waals surface area (Å²) in [6.07, 6.45) is 0. The van der Waals surface area contributed by atoms with Crippen LogP contribution in [0.3, 0.4) is 0 Å². The molecular weight excluding hydrogens is 659 g/mol. The Kier molecular flexibility index (Phi) is 6.53. The Morgan fingerprint density at radius 3 is 1.89 bits per heavy atom. The van der Waals surface area contributed by atoms with E-state index in [2.05, 4.69) is 195 Å². The highest BCUT2D eigenvalue weighted by Gasteiger charge is 2.35. The molecule has 0 aliphatic heterocycles. The second kappa shape index (κ2) is 11.4. The van der Waals surface area contributed by atoms with E-state index < -0.39 is 0 Å². The average Bonchev–Trinajstić information content (AvgIpc) is 3.69. The van der Waals surface area contributed by atoms with Crippen LogP contribution in [0, 0.1) is 0 Å². The second-order valence-electron chi connectivity index (χ2n) is 14.9. The van der Waals surface area contributed by atoms with Crippen LogP contribution >= 0.6 is 11.3 Å². The minimum absolute atomic E-state index is 0.0827. The van der Waals surface area contributed by atoms with E-state index in [4.69, 9.17) is 0 Å². The molecule has 0 fully saturated rings. The zero-order valence-corrected chi connectivity index (χ0v) is 30.4. The van der Waals surface area contributed by atoms with E-state index in [1.54, 1.807) is 0 Å². The SMILES string of the molecule is CC1(C)c2ccccc2-c2ccc(N(c3ccc(-c4ccc5c(ccc6ccc7ccccc7c65)c4)cc3)c3ccc4c(c3)sc3ccccc34)cc21. The van der Waals surface area contributed by atoms with Crippen LogP contribution in [-0.2, 0) is 5.41 Å². The minimum atomic E-state index is -0.0827. The van der Waals surface area contributed by atoms with Gasteiger partial charge in [0.15, 0.2) is 0 Å². The monoisotopic (exact) mass is 693 g/mol. The molecule has 0 spiro atoms. The van der Waals surface area contributed by atoms with E-state index in [1.807, 2.05) is 11.3 Å². The van der Waals surface area contributed by atoms with Crippen LogP contribution in [0.5, 0.6) is 0 Å². The van der Waals surface area contributed by atoms with Crippen molar-refractivity contribution in [1.29, 1.82) is 0 Å². The molecule has 0 saturated heterocycles. The summed E-state index contributed by atoms with van der Waals surface area (Å²) in [5.41, 5.74) is 11.3. The van der Waals surface area contributed by atoms with E-state index in [1.165, 1.54) is 91.6 Å². The Morgan fingerprint density at radius 1 is 0.396 bits per heavy atom. The summed E-state index contributed by atoms with van der Waals surface area (Å²) in [5.74, 6) is 0. The van der Waals surface area contributed by atoms with Crippen LogP contribution in [-0.4, -0.2) is 0 Å². The fraction of sp³-hybridized carbons (Fsp3) is 0.0588. The number of hydrogen-bond donors (Lipinski definition) is 0. The van der Waals surface area contributed by atoms with Crippen molar-refractivity contribution in [3.63, 3.8) is 0 Å².